The number of rotatable bonds is 11. The van der Waals surface area contributed by atoms with Crippen LogP contribution >= 0.6 is 0 Å². The van der Waals surface area contributed by atoms with E-state index in [0.29, 0.717) is 22.6 Å². The Labute approximate surface area is 177 Å². The molecule has 7 nitrogen and oxygen atoms in total. The van der Waals surface area contributed by atoms with Gasteiger partial charge >= 0.3 is 5.97 Å². The number of aliphatic hydroxyl groups excluding tert-OH is 1. The highest BCUT2D eigenvalue weighted by atomic mass is 16.5. The van der Waals surface area contributed by atoms with E-state index >= 15 is 0 Å². The number of nitrogens with one attached hydrogen (secondary N) is 2. The summed E-state index contributed by atoms with van der Waals surface area (Å²) < 4.78 is 5.86. The van der Waals surface area contributed by atoms with Crippen LogP contribution in [0.5, 0.6) is 5.75 Å². The molecule has 0 amide bonds. The van der Waals surface area contributed by atoms with E-state index in [1.807, 2.05) is 13.0 Å². The van der Waals surface area contributed by atoms with Crippen LogP contribution in [0, 0.1) is 5.41 Å². The Morgan fingerprint density at radius 1 is 1.20 bits per heavy atom. The first-order valence-electron chi connectivity index (χ1n) is 10.2. The number of ether oxygens (including phenoxy) is 1. The maximum Gasteiger partial charge on any atom is 0.330 e. The van der Waals surface area contributed by atoms with Gasteiger partial charge in [0.15, 0.2) is 6.04 Å². The van der Waals surface area contributed by atoms with Gasteiger partial charge in [0.1, 0.15) is 18.2 Å². The first-order chi connectivity index (χ1) is 14.3. The Balaban J connectivity index is 2.55. The minimum Gasteiger partial charge on any atom is -0.491 e. The third kappa shape index (κ3) is 5.51. The molecule has 0 radical (unpaired) electrons. The van der Waals surface area contributed by atoms with Crippen molar-refractivity contribution < 1.29 is 19.7 Å². The number of hydrogen-bond donors (Lipinski definition) is 5. The predicted octanol–water partition coefficient (Wildman–Crippen LogP) is 3.66. The summed E-state index contributed by atoms with van der Waals surface area (Å²) in [5, 5.41) is 29.8. The summed E-state index contributed by atoms with van der Waals surface area (Å²) in [6.07, 6.45) is 1.64. The highest BCUT2D eigenvalue weighted by Gasteiger charge is 2.27. The van der Waals surface area contributed by atoms with Gasteiger partial charge in [0.2, 0.25) is 0 Å². The van der Waals surface area contributed by atoms with E-state index in [-0.39, 0.29) is 25.0 Å². The molecule has 2 unspecified atom stereocenters. The lowest BCUT2D eigenvalue weighted by molar-refractivity contribution is -0.138. The third-order valence-corrected chi connectivity index (χ3v) is 5.16. The lowest BCUT2D eigenvalue weighted by Gasteiger charge is -2.25. The molecule has 0 aliphatic rings. The summed E-state index contributed by atoms with van der Waals surface area (Å²) in [6.45, 7) is 6.10. The number of aryl methyl sites for hydroxylation is 1. The highest BCUT2D eigenvalue weighted by molar-refractivity contribution is 5.95. The fourth-order valence-electron chi connectivity index (χ4n) is 3.24. The number of aliphatic carboxylic acids is 1. The Bertz CT molecular complexity index is 881. The molecular weight excluding hydrogens is 382 g/mol. The van der Waals surface area contributed by atoms with E-state index in [0.717, 1.165) is 24.0 Å². The number of anilines is 1. The second-order valence-electron chi connectivity index (χ2n) is 7.24. The maximum atomic E-state index is 12.2. The minimum absolute atomic E-state index is 0.0510. The molecule has 0 spiro atoms. The second kappa shape index (κ2) is 10.6. The molecule has 2 aromatic rings. The van der Waals surface area contributed by atoms with Crippen LogP contribution in [-0.4, -0.2) is 35.2 Å². The fraction of sp³-hybridized carbons (Fsp3) is 0.391. The molecule has 30 heavy (non-hydrogen) atoms. The van der Waals surface area contributed by atoms with Gasteiger partial charge in [0.05, 0.1) is 6.61 Å². The van der Waals surface area contributed by atoms with Gasteiger partial charge < -0.3 is 26.0 Å². The molecule has 2 aromatic carbocycles. The topological polar surface area (TPSA) is 129 Å². The van der Waals surface area contributed by atoms with Crippen LogP contribution < -0.4 is 15.8 Å². The second-order valence-corrected chi connectivity index (χ2v) is 7.24. The first-order valence-corrected chi connectivity index (χ1v) is 10.2. The van der Waals surface area contributed by atoms with E-state index in [2.05, 4.69) is 25.2 Å². The van der Waals surface area contributed by atoms with Crippen molar-refractivity contribution in [1.82, 2.24) is 0 Å². The van der Waals surface area contributed by atoms with E-state index in [1.54, 1.807) is 24.3 Å². The van der Waals surface area contributed by atoms with Crippen molar-refractivity contribution in [2.75, 3.05) is 18.5 Å². The van der Waals surface area contributed by atoms with Crippen LogP contribution in [0.4, 0.5) is 5.69 Å². The van der Waals surface area contributed by atoms with Crippen molar-refractivity contribution >= 4 is 17.5 Å². The molecule has 2 rings (SSSR count). The number of benzene rings is 2. The lowest BCUT2D eigenvalue weighted by Crippen LogP contribution is -2.23. The fourth-order valence-corrected chi connectivity index (χ4v) is 3.24. The SMILES string of the molecule is CCc1cc(C(C)CC)c(OCCO)c(C(Nc2ccc(C(=N)N)cc2)C(=O)O)c1. The average molecular weight is 414 g/mol. The third-order valence-electron chi connectivity index (χ3n) is 5.16. The molecular formula is C23H31N3O4. The largest absolute Gasteiger partial charge is 0.491 e. The van der Waals surface area contributed by atoms with Crippen LogP contribution in [0.1, 0.15) is 61.4 Å². The van der Waals surface area contributed by atoms with Crippen molar-refractivity contribution in [2.24, 2.45) is 5.73 Å². The molecule has 0 saturated carbocycles. The van der Waals surface area contributed by atoms with Gasteiger partial charge in [-0.15, -0.1) is 0 Å². The number of amidine groups is 1. The van der Waals surface area contributed by atoms with E-state index in [9.17, 15) is 15.0 Å². The number of carbonyl (C=O) groups is 1. The molecule has 0 fully saturated rings. The van der Waals surface area contributed by atoms with Gasteiger partial charge in [0.25, 0.3) is 0 Å². The zero-order valence-electron chi connectivity index (χ0n) is 17.7. The van der Waals surface area contributed by atoms with Gasteiger partial charge in [0, 0.05) is 16.8 Å². The van der Waals surface area contributed by atoms with Gasteiger partial charge in [-0.2, -0.15) is 0 Å². The van der Waals surface area contributed by atoms with Crippen molar-refractivity contribution in [3.05, 3.63) is 58.7 Å². The summed E-state index contributed by atoms with van der Waals surface area (Å²) in [4.78, 5) is 12.2. The predicted molar refractivity (Wildman–Crippen MR) is 119 cm³/mol. The van der Waals surface area contributed by atoms with Crippen molar-refractivity contribution in [1.29, 1.82) is 5.41 Å². The van der Waals surface area contributed by atoms with Crippen LogP contribution in [0.3, 0.4) is 0 Å². The Kier molecular flexibility index (Phi) is 8.24. The Morgan fingerprint density at radius 2 is 1.83 bits per heavy atom. The van der Waals surface area contributed by atoms with Gasteiger partial charge in [-0.1, -0.05) is 26.8 Å². The smallest absolute Gasteiger partial charge is 0.330 e. The first kappa shape index (κ1) is 23.2. The molecule has 0 aliphatic heterocycles. The monoisotopic (exact) mass is 413 g/mol. The summed E-state index contributed by atoms with van der Waals surface area (Å²) in [5.74, 6) is -0.406. The van der Waals surface area contributed by atoms with Crippen molar-refractivity contribution in [2.45, 2.75) is 45.6 Å². The molecule has 162 valence electrons. The number of nitrogen functional groups attached to an aromatic ring is 1. The number of hydrogen-bond acceptors (Lipinski definition) is 5. The normalized spacial score (nSPS) is 12.8. The zero-order chi connectivity index (χ0) is 22.3. The average Bonchev–Trinajstić information content (AvgIpc) is 2.75. The Morgan fingerprint density at radius 3 is 2.33 bits per heavy atom. The molecule has 6 N–H and O–H groups in total. The number of aliphatic hydroxyl groups is 1. The highest BCUT2D eigenvalue weighted by Crippen LogP contribution is 2.38. The van der Waals surface area contributed by atoms with Crippen molar-refractivity contribution in [3.8, 4) is 5.75 Å². The maximum absolute atomic E-state index is 12.2. The summed E-state index contributed by atoms with van der Waals surface area (Å²) in [7, 11) is 0. The molecule has 7 heteroatoms. The quantitative estimate of drug-likeness (QED) is 0.282. The molecule has 0 saturated heterocycles. The van der Waals surface area contributed by atoms with E-state index in [1.165, 1.54) is 0 Å². The van der Waals surface area contributed by atoms with Crippen molar-refractivity contribution in [3.63, 3.8) is 0 Å². The number of nitrogens with two attached hydrogens (primary N) is 1. The zero-order valence-corrected chi connectivity index (χ0v) is 17.7. The Hall–Kier alpha value is -3.06. The van der Waals surface area contributed by atoms with Gasteiger partial charge in [-0.05, 0) is 60.2 Å². The lowest BCUT2D eigenvalue weighted by atomic mass is 9.90. The molecule has 0 heterocycles. The summed E-state index contributed by atoms with van der Waals surface area (Å²) >= 11 is 0. The number of carboxylic acids is 1. The van der Waals surface area contributed by atoms with Crippen LogP contribution in [0.15, 0.2) is 36.4 Å². The van der Waals surface area contributed by atoms with Gasteiger partial charge in [-0.25, -0.2) is 4.79 Å². The number of carboxylic acid groups (broad SMARTS) is 1. The van der Waals surface area contributed by atoms with E-state index in [4.69, 9.17) is 15.9 Å². The van der Waals surface area contributed by atoms with Crippen LogP contribution in [-0.2, 0) is 11.2 Å². The molecule has 0 aromatic heterocycles. The standard InChI is InChI=1S/C23H31N3O4/c1-4-14(3)18-12-15(5-2)13-19(21(18)30-11-10-27)20(23(28)29)26-17-8-6-16(7-9-17)22(24)25/h6-9,12-14,20,26-27H,4-5,10-11H2,1-3H3,(H3,24,25)(H,28,29). The summed E-state index contributed by atoms with van der Waals surface area (Å²) in [6, 6.07) is 9.59. The molecule has 2 atom stereocenters. The molecule has 0 bridgehead atoms. The summed E-state index contributed by atoms with van der Waals surface area (Å²) in [5.41, 5.74) is 9.14. The van der Waals surface area contributed by atoms with Gasteiger partial charge in [-0.3, -0.25) is 5.41 Å². The van der Waals surface area contributed by atoms with Crippen LogP contribution in [0.2, 0.25) is 0 Å². The van der Waals surface area contributed by atoms with E-state index < -0.39 is 12.0 Å². The minimum atomic E-state index is -1.05. The molecule has 0 aliphatic carbocycles. The van der Waals surface area contributed by atoms with Crippen LogP contribution in [0.25, 0.3) is 0 Å².